The average Bonchev–Trinajstić information content (AvgIpc) is 4.13. The summed E-state index contributed by atoms with van der Waals surface area (Å²) in [5, 5.41) is 7.10. The topological polar surface area (TPSA) is 43.4 Å². The van der Waals surface area contributed by atoms with Crippen molar-refractivity contribution >= 4 is 88.2 Å². The molecule has 5 heterocycles. The van der Waals surface area contributed by atoms with Crippen molar-refractivity contribution in [3.63, 3.8) is 0 Å². The van der Waals surface area contributed by atoms with Gasteiger partial charge in [0.1, 0.15) is 5.82 Å². The van der Waals surface area contributed by atoms with E-state index >= 15 is 0 Å². The van der Waals surface area contributed by atoms with Gasteiger partial charge in [-0.05, 0) is 71.5 Å². The maximum atomic E-state index is 6.94. The van der Waals surface area contributed by atoms with Gasteiger partial charge in [-0.3, -0.25) is 0 Å². The van der Waals surface area contributed by atoms with Crippen LogP contribution in [0.25, 0.3) is 93.5 Å². The molecule has 13 aromatic rings. The molecule has 0 saturated heterocycles. The molecule has 14 rings (SSSR count). The quantitative estimate of drug-likeness (QED) is 0.149. The van der Waals surface area contributed by atoms with Gasteiger partial charge in [-0.1, -0.05) is 133 Å². The average molecular weight is 1100 g/mol. The van der Waals surface area contributed by atoms with Gasteiger partial charge in [0.15, 0.2) is 0 Å². The molecule has 0 spiro atoms. The maximum Gasteiger partial charge on any atom is 0.135 e. The number of nitrogens with zero attached hydrogens (tertiary/aromatic N) is 6. The van der Waals surface area contributed by atoms with Crippen molar-refractivity contribution < 1.29 is 25.8 Å². The fraction of sp³-hybridized carbons (Fsp3) is 0.0476. The van der Waals surface area contributed by atoms with E-state index in [0.29, 0.717) is 11.5 Å². The summed E-state index contributed by atoms with van der Waals surface area (Å²) in [5.74, 6) is 1.98. The molecule has 0 fully saturated rings. The number of hydrogen-bond donors (Lipinski definition) is 0. The Morgan fingerprint density at radius 2 is 1.04 bits per heavy atom. The van der Waals surface area contributed by atoms with Crippen LogP contribution in [0.5, 0.6) is 11.5 Å². The van der Waals surface area contributed by atoms with Gasteiger partial charge in [-0.2, -0.15) is 6.07 Å². The Kier molecular flexibility index (Phi) is 10.0. The van der Waals surface area contributed by atoms with Crippen molar-refractivity contribution in [1.82, 2.24) is 18.7 Å². The standard InChI is InChI=1S/C63H43N6O.Pt/c1-40-32-60(64-38-53(40)42-20-8-5-9-21-42)69-56-27-15-12-22-47(56)50-31-30-45(36-59(50)69)70-46-34-43(41-18-6-4-7-19-41)33-44(35-46)67-39-68(58-29-17-16-28-57(58)67)63-61-51(48-23-10-13-25-54(48)65(61)2)37-52-49-24-11-14-26-55(49)66(3)62(52)63;/h4-34,37-39H,1-3H3;/q-3;. The van der Waals surface area contributed by atoms with E-state index in [1.165, 1.54) is 43.6 Å². The Labute approximate surface area is 425 Å². The minimum Gasteiger partial charge on any atom is -0.509 e. The fourth-order valence-corrected chi connectivity index (χ4v) is 11.1. The number of anilines is 4. The molecular formula is C63H43N6OPt-3. The zero-order valence-corrected chi connectivity index (χ0v) is 41.3. The summed E-state index contributed by atoms with van der Waals surface area (Å²) in [4.78, 5) is 9.70. The molecule has 1 aliphatic rings. The van der Waals surface area contributed by atoms with Crippen molar-refractivity contribution in [2.75, 3.05) is 9.80 Å². The summed E-state index contributed by atoms with van der Waals surface area (Å²) in [6, 6.07) is 75.9. The van der Waals surface area contributed by atoms with Crippen LogP contribution in [0.2, 0.25) is 0 Å². The van der Waals surface area contributed by atoms with Gasteiger partial charge in [-0.25, -0.2) is 4.98 Å². The Balaban J connectivity index is 0.00000492. The first kappa shape index (κ1) is 42.7. The monoisotopic (exact) mass is 1090 g/mol. The van der Waals surface area contributed by atoms with Crippen molar-refractivity contribution in [1.29, 1.82) is 0 Å². The van der Waals surface area contributed by atoms with Crippen LogP contribution in [-0.2, 0) is 35.2 Å². The molecule has 0 unspecified atom stereocenters. The van der Waals surface area contributed by atoms with Gasteiger partial charge in [0, 0.05) is 108 Å². The number of pyridine rings is 1. The number of ether oxygens (including phenoxy) is 1. The molecule has 0 amide bonds. The molecule has 1 aliphatic heterocycles. The normalized spacial score (nSPS) is 12.5. The Hall–Kier alpha value is -8.38. The molecule has 9 aromatic carbocycles. The number of benzene rings is 9. The third-order valence-corrected chi connectivity index (χ3v) is 14.3. The second kappa shape index (κ2) is 16.6. The molecule has 0 saturated carbocycles. The Morgan fingerprint density at radius 3 is 1.69 bits per heavy atom. The van der Waals surface area contributed by atoms with Crippen LogP contribution in [-0.4, -0.2) is 18.7 Å². The molecule has 0 atom stereocenters. The fourth-order valence-electron chi connectivity index (χ4n) is 11.1. The predicted octanol–water partition coefficient (Wildman–Crippen LogP) is 15.9. The number of rotatable bonds is 7. The van der Waals surface area contributed by atoms with Crippen LogP contribution in [0.4, 0.5) is 22.7 Å². The zero-order chi connectivity index (χ0) is 46.6. The van der Waals surface area contributed by atoms with E-state index < -0.39 is 0 Å². The number of para-hydroxylation sites is 5. The van der Waals surface area contributed by atoms with Crippen molar-refractivity contribution in [2.24, 2.45) is 14.1 Å². The molecular weight excluding hydrogens is 1050 g/mol. The van der Waals surface area contributed by atoms with Crippen LogP contribution in [0.15, 0.2) is 200 Å². The zero-order valence-electron chi connectivity index (χ0n) is 39.0. The first-order valence-corrected chi connectivity index (χ1v) is 23.7. The van der Waals surface area contributed by atoms with Crippen molar-refractivity contribution in [2.45, 2.75) is 6.92 Å². The van der Waals surface area contributed by atoms with Gasteiger partial charge in [-0.15, -0.1) is 53.6 Å². The molecule has 0 aliphatic carbocycles. The third-order valence-electron chi connectivity index (χ3n) is 14.3. The minimum atomic E-state index is 0. The molecule has 0 radical (unpaired) electrons. The van der Waals surface area contributed by atoms with Crippen molar-refractivity contribution in [3.8, 4) is 39.6 Å². The number of aryl methyl sites for hydroxylation is 3. The molecule has 71 heavy (non-hydrogen) atoms. The third kappa shape index (κ3) is 6.64. The molecule has 4 aromatic heterocycles. The number of fused-ring (bicyclic) bond motifs is 10. The molecule has 344 valence electrons. The van der Waals surface area contributed by atoms with E-state index in [0.717, 1.165) is 78.2 Å². The smallest absolute Gasteiger partial charge is 0.135 e. The van der Waals surface area contributed by atoms with Crippen molar-refractivity contribution in [3.05, 3.63) is 225 Å². The second-order valence-electron chi connectivity index (χ2n) is 18.3. The maximum absolute atomic E-state index is 6.94. The second-order valence-corrected chi connectivity index (χ2v) is 18.3. The first-order chi connectivity index (χ1) is 34.5. The van der Waals surface area contributed by atoms with Gasteiger partial charge >= 0.3 is 0 Å². The van der Waals surface area contributed by atoms with Crippen LogP contribution in [0.3, 0.4) is 0 Å². The first-order valence-electron chi connectivity index (χ1n) is 23.7. The Morgan fingerprint density at radius 1 is 0.479 bits per heavy atom. The summed E-state index contributed by atoms with van der Waals surface area (Å²) in [6.07, 6.45) is 1.98. The van der Waals surface area contributed by atoms with E-state index in [1.807, 2.05) is 18.3 Å². The number of hydrogen-bond acceptors (Lipinski definition) is 4. The van der Waals surface area contributed by atoms with Gasteiger partial charge in [0.05, 0.1) is 16.7 Å². The number of aromatic nitrogens is 4. The molecule has 8 heteroatoms. The summed E-state index contributed by atoms with van der Waals surface area (Å²) >= 11 is 0. The Bertz CT molecular complexity index is 4150. The van der Waals surface area contributed by atoms with Crippen LogP contribution in [0, 0.1) is 25.7 Å². The van der Waals surface area contributed by atoms with Crippen LogP contribution >= 0.6 is 0 Å². The van der Waals surface area contributed by atoms with E-state index in [-0.39, 0.29) is 21.1 Å². The predicted molar refractivity (Wildman–Crippen MR) is 288 cm³/mol. The summed E-state index contributed by atoms with van der Waals surface area (Å²) in [7, 11) is 4.38. The molecule has 0 N–H and O–H groups in total. The van der Waals surface area contributed by atoms with Gasteiger partial charge in [0.25, 0.3) is 0 Å². The summed E-state index contributed by atoms with van der Waals surface area (Å²) < 4.78 is 13.9. The molecule has 7 nitrogen and oxygen atoms in total. The van der Waals surface area contributed by atoms with E-state index in [1.54, 1.807) is 0 Å². The summed E-state index contributed by atoms with van der Waals surface area (Å²) in [6.45, 7) is 4.38. The van der Waals surface area contributed by atoms with E-state index in [4.69, 9.17) is 9.72 Å². The summed E-state index contributed by atoms with van der Waals surface area (Å²) in [5.41, 5.74) is 16.2. The van der Waals surface area contributed by atoms with Gasteiger partial charge < -0.3 is 28.2 Å². The van der Waals surface area contributed by atoms with E-state index in [9.17, 15) is 0 Å². The van der Waals surface area contributed by atoms with Crippen LogP contribution < -0.4 is 14.5 Å². The van der Waals surface area contributed by atoms with Gasteiger partial charge in [0.2, 0.25) is 0 Å². The minimum absolute atomic E-state index is 0. The molecule has 0 bridgehead atoms. The van der Waals surface area contributed by atoms with E-state index in [2.05, 4.69) is 245 Å². The SMILES string of the molecule is Cc1cc(-n2c3[c-]c(Oc4[c-]c(N5[CH-]N(c6c7c(cc8c9ccccc9n(C)c68)c6ccccc6n7C)c6ccccc65)cc(-c5ccccc5)c4)ccc3c3ccccc32)ncc1-c1ccccc1.[Pt]. The largest absolute Gasteiger partial charge is 0.509 e. The van der Waals surface area contributed by atoms with Crippen LogP contribution in [0.1, 0.15) is 5.56 Å².